The number of nitrogens with one attached hydrogen (secondary N) is 2. The number of primary amides is 1. The first-order chi connectivity index (χ1) is 19.8. The van der Waals surface area contributed by atoms with Crippen LogP contribution in [0.5, 0.6) is 17.2 Å². The third-order valence-corrected chi connectivity index (χ3v) is 6.93. The fourth-order valence-electron chi connectivity index (χ4n) is 4.87. The number of aliphatic hydroxyl groups is 1. The van der Waals surface area contributed by atoms with E-state index in [1.807, 2.05) is 0 Å². The van der Waals surface area contributed by atoms with E-state index >= 15 is 0 Å². The maximum absolute atomic E-state index is 12.9. The Kier molecular flexibility index (Phi) is 8.08. The number of hydrogen-bond donors (Lipinski definition) is 5. The van der Waals surface area contributed by atoms with Gasteiger partial charge in [0.15, 0.2) is 17.3 Å². The molecule has 1 amide bonds. The van der Waals surface area contributed by atoms with Gasteiger partial charge in [-0.3, -0.25) is 4.79 Å². The number of benzene rings is 2. The standard InChI is InChI=1S/C28H34N8O5/c1-39-20-14-18(15-21(16-20)40-2)31-25-22(23(29)38)26-32-24(17-6-8-19(9-7-17)41-13-12-37)35-36(26)27(33-25)34-28(30)10-4-3-5-11-28/h6-9,14-16,31,37H,3-5,10-13,30H2,1-2H3,(H2,29,38)(H,33,34). The molecule has 41 heavy (non-hydrogen) atoms. The largest absolute Gasteiger partial charge is 0.497 e. The molecule has 0 unspecified atom stereocenters. The number of hydrogen-bond acceptors (Lipinski definition) is 11. The van der Waals surface area contributed by atoms with Crippen LogP contribution >= 0.6 is 0 Å². The van der Waals surface area contributed by atoms with Crippen LogP contribution in [0.25, 0.3) is 17.0 Å². The molecular formula is C28H34N8O5. The molecule has 2 aromatic carbocycles. The first kappa shape index (κ1) is 27.9. The summed E-state index contributed by atoms with van der Waals surface area (Å²) in [6.45, 7) is 0.0976. The summed E-state index contributed by atoms with van der Waals surface area (Å²) in [5.41, 5.74) is 13.4. The maximum Gasteiger partial charge on any atom is 0.256 e. The van der Waals surface area contributed by atoms with E-state index in [9.17, 15) is 4.79 Å². The molecule has 0 radical (unpaired) electrons. The Morgan fingerprint density at radius 3 is 2.32 bits per heavy atom. The molecule has 5 rings (SSSR count). The zero-order chi connectivity index (χ0) is 29.0. The number of anilines is 3. The lowest BCUT2D eigenvalue weighted by Gasteiger charge is -2.34. The Labute approximate surface area is 236 Å². The minimum Gasteiger partial charge on any atom is -0.497 e. The molecule has 1 saturated carbocycles. The van der Waals surface area contributed by atoms with Crippen LogP contribution < -0.4 is 36.3 Å². The second-order valence-corrected chi connectivity index (χ2v) is 9.86. The van der Waals surface area contributed by atoms with Crippen molar-refractivity contribution in [2.75, 3.05) is 38.1 Å². The van der Waals surface area contributed by atoms with Crippen molar-refractivity contribution in [2.45, 2.75) is 37.8 Å². The van der Waals surface area contributed by atoms with Crippen molar-refractivity contribution >= 4 is 29.0 Å². The lowest BCUT2D eigenvalue weighted by molar-refractivity contribution is 0.100. The molecule has 4 aromatic rings. The highest BCUT2D eigenvalue weighted by Gasteiger charge is 2.31. The molecule has 13 nitrogen and oxygen atoms in total. The van der Waals surface area contributed by atoms with Crippen LogP contribution in [0.3, 0.4) is 0 Å². The average molecular weight is 563 g/mol. The number of aliphatic hydroxyl groups excluding tert-OH is 1. The highest BCUT2D eigenvalue weighted by molar-refractivity contribution is 6.04. The zero-order valence-corrected chi connectivity index (χ0v) is 23.0. The van der Waals surface area contributed by atoms with Crippen LogP contribution in [0.15, 0.2) is 42.5 Å². The third-order valence-electron chi connectivity index (χ3n) is 6.93. The van der Waals surface area contributed by atoms with Crippen molar-refractivity contribution in [1.29, 1.82) is 0 Å². The fraction of sp³-hybridized carbons (Fsp3) is 0.357. The van der Waals surface area contributed by atoms with Crippen LogP contribution in [0.4, 0.5) is 17.5 Å². The molecule has 13 heteroatoms. The molecule has 0 aliphatic heterocycles. The van der Waals surface area contributed by atoms with Gasteiger partial charge in [0.1, 0.15) is 29.4 Å². The number of amides is 1. The Hall–Kier alpha value is -4.62. The van der Waals surface area contributed by atoms with Gasteiger partial charge in [0.05, 0.1) is 26.5 Å². The minimum atomic E-state index is -0.738. The monoisotopic (exact) mass is 562 g/mol. The number of nitrogens with zero attached hydrogens (tertiary/aromatic N) is 4. The van der Waals surface area contributed by atoms with Crippen LogP contribution in [-0.4, -0.2) is 63.7 Å². The molecule has 0 spiro atoms. The summed E-state index contributed by atoms with van der Waals surface area (Å²) in [6, 6.07) is 12.3. The van der Waals surface area contributed by atoms with Gasteiger partial charge >= 0.3 is 0 Å². The van der Waals surface area contributed by atoms with E-state index < -0.39 is 11.6 Å². The predicted octanol–water partition coefficient (Wildman–Crippen LogP) is 3.05. The number of aromatic nitrogens is 4. The Morgan fingerprint density at radius 1 is 1.02 bits per heavy atom. The Bertz CT molecular complexity index is 1510. The molecule has 2 aromatic heterocycles. The van der Waals surface area contributed by atoms with E-state index in [2.05, 4.69) is 15.7 Å². The summed E-state index contributed by atoms with van der Waals surface area (Å²) < 4.78 is 17.7. The smallest absolute Gasteiger partial charge is 0.256 e. The van der Waals surface area contributed by atoms with Crippen LogP contribution in [0, 0.1) is 0 Å². The summed E-state index contributed by atoms with van der Waals surface area (Å²) in [6.07, 6.45) is 4.57. The number of carbonyl (C=O) groups excluding carboxylic acids is 1. The van der Waals surface area contributed by atoms with Crippen molar-refractivity contribution < 1.29 is 24.1 Å². The first-order valence-corrected chi connectivity index (χ1v) is 13.3. The number of fused-ring (bicyclic) bond motifs is 1. The SMILES string of the molecule is COc1cc(Nc2nc(NC3(N)CCCCC3)n3nc(-c4ccc(OCCO)cc4)nc3c2C(N)=O)cc(OC)c1. The second-order valence-electron chi connectivity index (χ2n) is 9.86. The Morgan fingerprint density at radius 2 is 1.71 bits per heavy atom. The number of rotatable bonds is 11. The number of nitrogens with two attached hydrogens (primary N) is 2. The van der Waals surface area contributed by atoms with Gasteiger partial charge < -0.3 is 41.4 Å². The van der Waals surface area contributed by atoms with Crippen molar-refractivity contribution in [2.24, 2.45) is 11.5 Å². The molecule has 1 aliphatic carbocycles. The molecule has 7 N–H and O–H groups in total. The average Bonchev–Trinajstić information content (AvgIpc) is 3.41. The van der Waals surface area contributed by atoms with Gasteiger partial charge in [-0.05, 0) is 49.9 Å². The van der Waals surface area contributed by atoms with Crippen LogP contribution in [0.1, 0.15) is 42.5 Å². The van der Waals surface area contributed by atoms with E-state index in [1.165, 1.54) is 4.52 Å². The summed E-state index contributed by atoms with van der Waals surface area (Å²) in [5.74, 6) is 1.79. The summed E-state index contributed by atoms with van der Waals surface area (Å²) >= 11 is 0. The van der Waals surface area contributed by atoms with Gasteiger partial charge in [0.25, 0.3) is 5.91 Å². The van der Waals surface area contributed by atoms with Gasteiger partial charge in [0, 0.05) is 29.4 Å². The predicted molar refractivity (Wildman–Crippen MR) is 154 cm³/mol. The maximum atomic E-state index is 12.9. The van der Waals surface area contributed by atoms with Gasteiger partial charge in [-0.1, -0.05) is 6.42 Å². The molecule has 1 aliphatic rings. The minimum absolute atomic E-state index is 0.0497. The Balaban J connectivity index is 1.64. The highest BCUT2D eigenvalue weighted by atomic mass is 16.5. The van der Waals surface area contributed by atoms with Gasteiger partial charge in [0.2, 0.25) is 5.95 Å². The van der Waals surface area contributed by atoms with E-state index in [-0.39, 0.29) is 30.2 Å². The lowest BCUT2D eigenvalue weighted by Crippen LogP contribution is -2.49. The molecule has 0 saturated heterocycles. The molecule has 216 valence electrons. The van der Waals surface area contributed by atoms with E-state index in [1.54, 1.807) is 56.7 Å². The molecular weight excluding hydrogens is 528 g/mol. The quantitative estimate of drug-likeness (QED) is 0.169. The normalized spacial score (nSPS) is 14.4. The van der Waals surface area contributed by atoms with Gasteiger partial charge in [-0.15, -0.1) is 5.10 Å². The van der Waals surface area contributed by atoms with E-state index in [4.69, 9.17) is 40.8 Å². The molecule has 0 bridgehead atoms. The van der Waals surface area contributed by atoms with Gasteiger partial charge in [-0.25, -0.2) is 4.98 Å². The molecule has 0 atom stereocenters. The summed E-state index contributed by atoms with van der Waals surface area (Å²) in [5, 5.41) is 20.3. The summed E-state index contributed by atoms with van der Waals surface area (Å²) in [4.78, 5) is 22.3. The van der Waals surface area contributed by atoms with E-state index in [0.717, 1.165) is 32.1 Å². The molecule has 1 fully saturated rings. The molecule has 2 heterocycles. The van der Waals surface area contributed by atoms with Crippen LogP contribution in [-0.2, 0) is 0 Å². The lowest BCUT2D eigenvalue weighted by atomic mass is 9.90. The number of carbonyl (C=O) groups is 1. The van der Waals surface area contributed by atoms with Crippen molar-refractivity contribution in [1.82, 2.24) is 19.6 Å². The summed E-state index contributed by atoms with van der Waals surface area (Å²) in [7, 11) is 3.10. The first-order valence-electron chi connectivity index (χ1n) is 13.3. The highest BCUT2D eigenvalue weighted by Crippen LogP contribution is 2.33. The van der Waals surface area contributed by atoms with Crippen molar-refractivity contribution in [3.05, 3.63) is 48.0 Å². The number of ether oxygens (including phenoxy) is 3. The van der Waals surface area contributed by atoms with Gasteiger partial charge in [-0.2, -0.15) is 9.50 Å². The third kappa shape index (κ3) is 6.10. The van der Waals surface area contributed by atoms with E-state index in [0.29, 0.717) is 40.3 Å². The van der Waals surface area contributed by atoms with Crippen molar-refractivity contribution in [3.8, 4) is 28.6 Å². The van der Waals surface area contributed by atoms with Crippen molar-refractivity contribution in [3.63, 3.8) is 0 Å². The topological polar surface area (TPSA) is 184 Å². The van der Waals surface area contributed by atoms with Crippen LogP contribution in [0.2, 0.25) is 0 Å². The zero-order valence-electron chi connectivity index (χ0n) is 23.0. The second kappa shape index (κ2) is 11.9. The fourth-order valence-corrected chi connectivity index (χ4v) is 4.87. The number of methoxy groups -OCH3 is 2.